The molecule has 1 aliphatic heterocycles. The second-order valence-electron chi connectivity index (χ2n) is 22.6. The number of thiocarbonyl (C=S) groups is 2. The maximum Gasteiger partial charge on any atom is 0.508 e. The molecule has 2 aromatic heterocycles. The van der Waals surface area contributed by atoms with Gasteiger partial charge >= 0.3 is 18.3 Å². The SMILES string of the molecule is CCc1nc(OCCOC(=O)OC(C)(C)C)c2cc(C3C(=S)N(c4ccc(C#N)c(C(F)F)c4)C(=O)C3(C)C)cc(F)c2n1.CCc1nc(OCCOC(=O)OC(C)(C)C)c2cc(NC(C)(C)C(=O)OC)cc(F)c2n1.[C-]#[N+]c1ccc(N=C=S)cc1C(F)F. The van der Waals surface area contributed by atoms with Gasteiger partial charge in [-0.2, -0.15) is 20.2 Å². The monoisotopic (exact) mass is 1290 g/mol. The number of fused-ring (bicyclic) bond motifs is 2. The third-order valence-electron chi connectivity index (χ3n) is 12.7. The summed E-state index contributed by atoms with van der Waals surface area (Å²) in [5, 5.41) is 14.8. The molecular formula is C62H65F6N9O11S2. The summed E-state index contributed by atoms with van der Waals surface area (Å²) in [5.74, 6) is -2.24. The lowest BCUT2D eigenvalue weighted by Gasteiger charge is -2.24. The van der Waals surface area contributed by atoms with Crippen LogP contribution in [0.15, 0.2) is 65.7 Å². The summed E-state index contributed by atoms with van der Waals surface area (Å²) in [5.41, 5.74) is -3.76. The van der Waals surface area contributed by atoms with Crippen LogP contribution in [0.2, 0.25) is 0 Å². The van der Waals surface area contributed by atoms with E-state index in [0.717, 1.165) is 17.0 Å². The summed E-state index contributed by atoms with van der Waals surface area (Å²) >= 11 is 10.1. The van der Waals surface area contributed by atoms with Crippen molar-refractivity contribution >= 4 is 103 Å². The molecule has 20 nitrogen and oxygen atoms in total. The molecular weight excluding hydrogens is 1220 g/mol. The van der Waals surface area contributed by atoms with Crippen LogP contribution < -0.4 is 19.7 Å². The van der Waals surface area contributed by atoms with Crippen molar-refractivity contribution in [3.05, 3.63) is 118 Å². The summed E-state index contributed by atoms with van der Waals surface area (Å²) in [4.78, 5) is 74.2. The van der Waals surface area contributed by atoms with E-state index in [1.54, 1.807) is 94.4 Å². The highest BCUT2D eigenvalue weighted by Crippen LogP contribution is 2.48. The number of ether oxygens (including phenoxy) is 7. The van der Waals surface area contributed by atoms with Gasteiger partial charge in [0, 0.05) is 41.3 Å². The fourth-order valence-corrected chi connectivity index (χ4v) is 9.35. The number of esters is 1. The van der Waals surface area contributed by atoms with Crippen molar-refractivity contribution in [2.45, 2.75) is 131 Å². The number of aliphatic imine (C=N–C) groups is 1. The van der Waals surface area contributed by atoms with Gasteiger partial charge in [-0.15, -0.1) is 0 Å². The number of halogens is 6. The van der Waals surface area contributed by atoms with Crippen LogP contribution in [0.1, 0.15) is 136 Å². The minimum atomic E-state index is -2.95. The van der Waals surface area contributed by atoms with Gasteiger partial charge < -0.3 is 38.5 Å². The van der Waals surface area contributed by atoms with Gasteiger partial charge in [-0.1, -0.05) is 32.1 Å². The number of hydrogen-bond donors (Lipinski definition) is 1. The molecule has 1 unspecified atom stereocenters. The molecule has 90 heavy (non-hydrogen) atoms. The van der Waals surface area contributed by atoms with Gasteiger partial charge in [-0.3, -0.25) is 9.69 Å². The van der Waals surface area contributed by atoms with E-state index in [4.69, 9.17) is 51.9 Å². The molecule has 1 fully saturated rings. The smallest absolute Gasteiger partial charge is 0.474 e. The number of anilines is 2. The summed E-state index contributed by atoms with van der Waals surface area (Å²) in [6, 6.07) is 14.9. The summed E-state index contributed by atoms with van der Waals surface area (Å²) < 4.78 is 119. The number of benzene rings is 4. The number of carbonyl (C=O) groups excluding carboxylic acids is 4. The lowest BCUT2D eigenvalue weighted by molar-refractivity contribution is -0.144. The van der Waals surface area contributed by atoms with Crippen LogP contribution in [-0.2, 0) is 46.1 Å². The quantitative estimate of drug-likeness (QED) is 0.0160. The third kappa shape index (κ3) is 18.5. The molecule has 1 amide bonds. The number of methoxy groups -OCH3 is 1. The van der Waals surface area contributed by atoms with E-state index in [-0.39, 0.29) is 87.8 Å². The zero-order valence-corrected chi connectivity index (χ0v) is 53.0. The first-order valence-electron chi connectivity index (χ1n) is 27.6. The van der Waals surface area contributed by atoms with Crippen molar-refractivity contribution in [2.24, 2.45) is 10.4 Å². The molecule has 0 radical (unpaired) electrons. The van der Waals surface area contributed by atoms with Crippen LogP contribution in [0.3, 0.4) is 0 Å². The second-order valence-corrected chi connectivity index (χ2v) is 23.2. The maximum atomic E-state index is 15.7. The van der Waals surface area contributed by atoms with Gasteiger partial charge in [0.25, 0.3) is 12.9 Å². The van der Waals surface area contributed by atoms with Crippen molar-refractivity contribution in [1.29, 1.82) is 5.26 Å². The van der Waals surface area contributed by atoms with Crippen molar-refractivity contribution in [3.63, 3.8) is 0 Å². The van der Waals surface area contributed by atoms with Crippen molar-refractivity contribution in [1.82, 2.24) is 19.9 Å². The first-order chi connectivity index (χ1) is 42.1. The molecule has 7 rings (SSSR count). The Labute approximate surface area is 526 Å². The zero-order valence-electron chi connectivity index (χ0n) is 51.4. The van der Waals surface area contributed by atoms with Gasteiger partial charge in [-0.05, 0) is 142 Å². The lowest BCUT2D eigenvalue weighted by atomic mass is 9.77. The standard InChI is InChI=1S/C31H31F3N4O5S.C22H30FN3O6.C9H4F2N2S/c1-7-22-36-24-20(26(37-22)41-10-11-42-29(40)43-30(2,3)4)12-17(13-21(24)32)23-27(44)38(28(39)31(23,5)6)18-9-8-16(15-35)19(14-18)25(33)34;1-8-16-24-17-14(11-13(12-15(17)23)26-22(5,6)19(27)29-7)18(25-16)30-9-10-31-20(28)32-21(2,3)4;1-12-8-3-2-6(13-5-14)4-7(8)9(10)11/h8-9,12-14,23,25H,7,10-11H2,1-6H3;11-12,26H,8-10H2,1-7H3;2-4,9H. The number of aryl methyl sites for hydroxylation is 2. The molecule has 0 spiro atoms. The number of isothiocyanates is 1. The highest BCUT2D eigenvalue weighted by atomic mass is 32.1. The molecule has 0 bridgehead atoms. The highest BCUT2D eigenvalue weighted by molar-refractivity contribution is 7.80. The molecule has 1 saturated heterocycles. The lowest BCUT2D eigenvalue weighted by Crippen LogP contribution is -2.41. The molecule has 1 aliphatic rings. The molecule has 6 aromatic rings. The van der Waals surface area contributed by atoms with Crippen LogP contribution in [0, 0.1) is 35.0 Å². The Morgan fingerprint density at radius 1 is 0.767 bits per heavy atom. The Morgan fingerprint density at radius 2 is 1.29 bits per heavy atom. The Hall–Kier alpha value is -9.11. The predicted octanol–water partition coefficient (Wildman–Crippen LogP) is 14.9. The van der Waals surface area contributed by atoms with Crippen LogP contribution >= 0.6 is 24.4 Å². The fourth-order valence-electron chi connectivity index (χ4n) is 8.63. The van der Waals surface area contributed by atoms with E-state index in [9.17, 15) is 46.4 Å². The Morgan fingerprint density at radius 3 is 1.76 bits per heavy atom. The average Bonchev–Trinajstić information content (AvgIpc) is 1.68. The minimum Gasteiger partial charge on any atom is -0.474 e. The minimum absolute atomic E-state index is 0.0118. The molecule has 28 heteroatoms. The van der Waals surface area contributed by atoms with Crippen molar-refractivity contribution in [3.8, 4) is 17.8 Å². The second kappa shape index (κ2) is 30.4. The normalized spacial score (nSPS) is 13.6. The van der Waals surface area contributed by atoms with E-state index in [1.165, 1.54) is 43.5 Å². The summed E-state index contributed by atoms with van der Waals surface area (Å²) in [7, 11) is 1.28. The number of nitrogens with one attached hydrogen (secondary N) is 1. The van der Waals surface area contributed by atoms with Gasteiger partial charge in [0.1, 0.15) is 71.7 Å². The molecule has 1 atom stereocenters. The van der Waals surface area contributed by atoms with Gasteiger partial charge in [0.05, 0.1) is 57.3 Å². The van der Waals surface area contributed by atoms with Gasteiger partial charge in [-0.25, -0.2) is 55.5 Å². The largest absolute Gasteiger partial charge is 0.508 e. The molecule has 478 valence electrons. The molecule has 3 heterocycles. The zero-order chi connectivity index (χ0) is 67.2. The first kappa shape index (κ1) is 71.6. The van der Waals surface area contributed by atoms with Gasteiger partial charge in [0.2, 0.25) is 17.7 Å². The van der Waals surface area contributed by atoms with E-state index in [2.05, 4.69) is 52.5 Å². The van der Waals surface area contributed by atoms with Crippen LogP contribution in [0.25, 0.3) is 26.7 Å². The number of amides is 1. The van der Waals surface area contributed by atoms with Crippen LogP contribution in [0.5, 0.6) is 11.8 Å². The number of alkyl halides is 4. The van der Waals surface area contributed by atoms with Crippen molar-refractivity contribution < 1.29 is 78.7 Å². The number of rotatable bonds is 18. The molecule has 0 saturated carbocycles. The highest BCUT2D eigenvalue weighted by Gasteiger charge is 2.52. The predicted molar refractivity (Wildman–Crippen MR) is 328 cm³/mol. The third-order valence-corrected chi connectivity index (χ3v) is 13.2. The fraction of sp³-hybridized carbons (Fsp3) is 0.419. The van der Waals surface area contributed by atoms with E-state index in [1.807, 2.05) is 6.92 Å². The van der Waals surface area contributed by atoms with Crippen molar-refractivity contribution in [2.75, 3.05) is 43.8 Å². The Balaban J connectivity index is 0.000000278. The Bertz CT molecular complexity index is 3820. The summed E-state index contributed by atoms with van der Waals surface area (Å²) in [6.45, 7) is 26.7. The topological polar surface area (TPSA) is 240 Å². The number of nitriles is 1. The summed E-state index contributed by atoms with van der Waals surface area (Å²) in [6.07, 6.45) is -6.46. The van der Waals surface area contributed by atoms with E-state index < -0.39 is 82.3 Å². The van der Waals surface area contributed by atoms with Gasteiger partial charge in [0.15, 0.2) is 11.5 Å². The van der Waals surface area contributed by atoms with Crippen LogP contribution in [0.4, 0.5) is 58.7 Å². The number of hydrogen-bond acceptors (Lipinski definition) is 20. The van der Waals surface area contributed by atoms with Crippen LogP contribution in [-0.4, -0.2) is 105 Å². The van der Waals surface area contributed by atoms with E-state index in [0.29, 0.717) is 41.1 Å². The number of aromatic nitrogens is 4. The first-order valence-corrected chi connectivity index (χ1v) is 28.4. The maximum absolute atomic E-state index is 15.7. The Kier molecular flexibility index (Phi) is 24.2. The average molecular weight is 1290 g/mol. The van der Waals surface area contributed by atoms with E-state index >= 15 is 4.39 Å². The number of nitrogens with zero attached hydrogens (tertiary/aromatic N) is 8. The molecule has 0 aliphatic carbocycles. The molecule has 1 N–H and O–H groups in total. The number of carbonyl (C=O) groups is 4. The molecule has 4 aromatic carbocycles.